The number of hydrogen-bond acceptors (Lipinski definition) is 4. The van der Waals surface area contributed by atoms with E-state index in [2.05, 4.69) is 10.4 Å². The minimum atomic E-state index is -0.519. The van der Waals surface area contributed by atoms with Gasteiger partial charge in [-0.15, -0.1) is 0 Å². The normalized spacial score (nSPS) is 17.5. The van der Waals surface area contributed by atoms with Gasteiger partial charge in [-0.3, -0.25) is 9.48 Å². The van der Waals surface area contributed by atoms with E-state index in [-0.39, 0.29) is 5.78 Å². The summed E-state index contributed by atoms with van der Waals surface area (Å²) in [6.07, 6.45) is 1.23. The highest BCUT2D eigenvalue weighted by molar-refractivity contribution is 5.98. The molecule has 2 aromatic rings. The van der Waals surface area contributed by atoms with E-state index in [4.69, 9.17) is 4.74 Å². The van der Waals surface area contributed by atoms with Crippen LogP contribution in [0.25, 0.3) is 0 Å². The van der Waals surface area contributed by atoms with Gasteiger partial charge >= 0.3 is 0 Å². The molecule has 0 amide bonds. The van der Waals surface area contributed by atoms with E-state index in [1.807, 2.05) is 24.3 Å². The van der Waals surface area contributed by atoms with Gasteiger partial charge < -0.3 is 10.1 Å². The van der Waals surface area contributed by atoms with E-state index in [1.165, 1.54) is 0 Å². The molecular formula is C13H13N3O2. The lowest BCUT2D eigenvalue weighted by atomic mass is 10.1. The summed E-state index contributed by atoms with van der Waals surface area (Å²) in [5.74, 6) is 0.607. The zero-order chi connectivity index (χ0) is 12.5. The number of ketones is 1. The molecule has 0 saturated heterocycles. The fourth-order valence-electron chi connectivity index (χ4n) is 1.97. The number of rotatable bonds is 2. The summed E-state index contributed by atoms with van der Waals surface area (Å²) in [5.41, 5.74) is 1.35. The molecule has 0 spiro atoms. The number of carbonyl (C=O) groups excluding carboxylic acids is 1. The van der Waals surface area contributed by atoms with Crippen molar-refractivity contribution in [3.63, 3.8) is 0 Å². The molecule has 1 aromatic carbocycles. The van der Waals surface area contributed by atoms with Crippen LogP contribution in [0.3, 0.4) is 0 Å². The molecule has 0 saturated carbocycles. The molecule has 18 heavy (non-hydrogen) atoms. The number of aryl methyl sites for hydroxylation is 1. The van der Waals surface area contributed by atoms with Crippen molar-refractivity contribution in [1.29, 1.82) is 0 Å². The first-order chi connectivity index (χ1) is 8.74. The largest absolute Gasteiger partial charge is 0.478 e. The van der Waals surface area contributed by atoms with Crippen LogP contribution < -0.4 is 10.1 Å². The fourth-order valence-corrected chi connectivity index (χ4v) is 1.97. The van der Waals surface area contributed by atoms with Crippen molar-refractivity contribution in [2.24, 2.45) is 7.05 Å². The molecule has 1 aromatic heterocycles. The van der Waals surface area contributed by atoms with Crippen molar-refractivity contribution < 1.29 is 9.53 Å². The molecule has 5 nitrogen and oxygen atoms in total. The van der Waals surface area contributed by atoms with Gasteiger partial charge in [-0.25, -0.2) is 0 Å². The predicted molar refractivity (Wildman–Crippen MR) is 66.9 cm³/mol. The standard InChI is InChI=1S/C13H13N3O2/c1-16-7-6-10(15-16)13(17)12-8-14-9-4-2-3-5-11(9)18-12/h2-7,12,14H,8H2,1H3. The fraction of sp³-hybridized carbons (Fsp3) is 0.231. The summed E-state index contributed by atoms with van der Waals surface area (Å²) in [6, 6.07) is 9.29. The van der Waals surface area contributed by atoms with Crippen LogP contribution in [-0.2, 0) is 7.05 Å². The van der Waals surface area contributed by atoms with Gasteiger partial charge in [0.05, 0.1) is 12.2 Å². The van der Waals surface area contributed by atoms with Crippen molar-refractivity contribution in [1.82, 2.24) is 9.78 Å². The number of benzene rings is 1. The van der Waals surface area contributed by atoms with Crippen LogP contribution in [0.1, 0.15) is 10.5 Å². The minimum Gasteiger partial charge on any atom is -0.478 e. The summed E-state index contributed by atoms with van der Waals surface area (Å²) < 4.78 is 7.30. The molecule has 1 aliphatic rings. The maximum Gasteiger partial charge on any atom is 0.225 e. The number of para-hydroxylation sites is 2. The second-order valence-electron chi connectivity index (χ2n) is 4.22. The Morgan fingerprint density at radius 2 is 2.28 bits per heavy atom. The lowest BCUT2D eigenvalue weighted by Gasteiger charge is -2.25. The summed E-state index contributed by atoms with van der Waals surface area (Å²) in [5, 5.41) is 7.29. The van der Waals surface area contributed by atoms with Crippen LogP contribution in [0.15, 0.2) is 36.5 Å². The molecule has 1 unspecified atom stereocenters. The van der Waals surface area contributed by atoms with Crippen LogP contribution in [0.5, 0.6) is 5.75 Å². The zero-order valence-electron chi connectivity index (χ0n) is 9.96. The third-order valence-corrected chi connectivity index (χ3v) is 2.89. The Morgan fingerprint density at radius 3 is 3.06 bits per heavy atom. The number of aromatic nitrogens is 2. The van der Waals surface area contributed by atoms with Crippen molar-refractivity contribution in [3.8, 4) is 5.75 Å². The third-order valence-electron chi connectivity index (χ3n) is 2.89. The Kier molecular flexibility index (Phi) is 2.51. The van der Waals surface area contributed by atoms with E-state index in [1.54, 1.807) is 24.0 Å². The minimum absolute atomic E-state index is 0.0994. The third kappa shape index (κ3) is 1.84. The smallest absolute Gasteiger partial charge is 0.225 e. The Bertz CT molecular complexity index is 591. The van der Waals surface area contributed by atoms with E-state index in [0.29, 0.717) is 18.0 Å². The van der Waals surface area contributed by atoms with Crippen LogP contribution in [0, 0.1) is 0 Å². The number of ether oxygens (including phenoxy) is 1. The number of fused-ring (bicyclic) bond motifs is 1. The first kappa shape index (κ1) is 10.8. The number of Topliss-reactive ketones (excluding diaryl/α,β-unsaturated/α-hetero) is 1. The number of carbonyl (C=O) groups is 1. The highest BCUT2D eigenvalue weighted by Crippen LogP contribution is 2.28. The molecule has 1 N–H and O–H groups in total. The Hall–Kier alpha value is -2.30. The molecule has 0 radical (unpaired) electrons. The maximum atomic E-state index is 12.2. The second-order valence-corrected chi connectivity index (χ2v) is 4.22. The molecule has 2 heterocycles. The van der Waals surface area contributed by atoms with Gasteiger partial charge in [-0.2, -0.15) is 5.10 Å². The Labute approximate surface area is 104 Å². The molecular weight excluding hydrogens is 230 g/mol. The molecule has 1 atom stereocenters. The van der Waals surface area contributed by atoms with Gasteiger partial charge in [0.2, 0.25) is 5.78 Å². The SMILES string of the molecule is Cn1ccc(C(=O)C2CNc3ccccc3O2)n1. The summed E-state index contributed by atoms with van der Waals surface area (Å²) in [6.45, 7) is 0.465. The molecule has 5 heteroatoms. The predicted octanol–water partition coefficient (Wildman–Crippen LogP) is 1.48. The van der Waals surface area contributed by atoms with Gasteiger partial charge in [0, 0.05) is 13.2 Å². The van der Waals surface area contributed by atoms with Crippen LogP contribution in [0.2, 0.25) is 0 Å². The monoisotopic (exact) mass is 243 g/mol. The Balaban J connectivity index is 1.82. The molecule has 3 rings (SSSR count). The molecule has 0 aliphatic carbocycles. The molecule has 0 fully saturated rings. The average Bonchev–Trinajstić information content (AvgIpc) is 2.84. The van der Waals surface area contributed by atoms with Gasteiger partial charge in [-0.1, -0.05) is 12.1 Å². The van der Waals surface area contributed by atoms with Crippen LogP contribution in [-0.4, -0.2) is 28.2 Å². The van der Waals surface area contributed by atoms with E-state index >= 15 is 0 Å². The van der Waals surface area contributed by atoms with Crippen molar-refractivity contribution in [2.75, 3.05) is 11.9 Å². The number of anilines is 1. The number of nitrogens with zero attached hydrogens (tertiary/aromatic N) is 2. The van der Waals surface area contributed by atoms with Gasteiger partial charge in [0.1, 0.15) is 11.4 Å². The van der Waals surface area contributed by atoms with Crippen molar-refractivity contribution >= 4 is 11.5 Å². The zero-order valence-corrected chi connectivity index (χ0v) is 9.96. The quantitative estimate of drug-likeness (QED) is 0.812. The number of hydrogen-bond donors (Lipinski definition) is 1. The van der Waals surface area contributed by atoms with E-state index in [0.717, 1.165) is 5.69 Å². The highest BCUT2D eigenvalue weighted by atomic mass is 16.5. The maximum absolute atomic E-state index is 12.2. The molecule has 92 valence electrons. The van der Waals surface area contributed by atoms with Crippen LogP contribution in [0.4, 0.5) is 5.69 Å². The topological polar surface area (TPSA) is 56.2 Å². The van der Waals surface area contributed by atoms with Gasteiger partial charge in [0.15, 0.2) is 6.10 Å². The lowest BCUT2D eigenvalue weighted by Crippen LogP contribution is -2.38. The summed E-state index contributed by atoms with van der Waals surface area (Å²) in [7, 11) is 1.78. The number of nitrogens with one attached hydrogen (secondary N) is 1. The lowest BCUT2D eigenvalue weighted by molar-refractivity contribution is 0.0795. The van der Waals surface area contributed by atoms with Crippen LogP contribution >= 0.6 is 0 Å². The Morgan fingerprint density at radius 1 is 1.44 bits per heavy atom. The second kappa shape index (κ2) is 4.18. The molecule has 0 bridgehead atoms. The van der Waals surface area contributed by atoms with Crippen molar-refractivity contribution in [2.45, 2.75) is 6.10 Å². The van der Waals surface area contributed by atoms with Gasteiger partial charge in [-0.05, 0) is 18.2 Å². The highest BCUT2D eigenvalue weighted by Gasteiger charge is 2.27. The van der Waals surface area contributed by atoms with E-state index in [9.17, 15) is 4.79 Å². The molecule has 1 aliphatic heterocycles. The first-order valence-corrected chi connectivity index (χ1v) is 5.77. The van der Waals surface area contributed by atoms with Gasteiger partial charge in [0.25, 0.3) is 0 Å². The first-order valence-electron chi connectivity index (χ1n) is 5.77. The summed E-state index contributed by atoms with van der Waals surface area (Å²) in [4.78, 5) is 12.2. The average molecular weight is 243 g/mol. The summed E-state index contributed by atoms with van der Waals surface area (Å²) >= 11 is 0. The van der Waals surface area contributed by atoms with Crippen molar-refractivity contribution in [3.05, 3.63) is 42.2 Å². The van der Waals surface area contributed by atoms with E-state index < -0.39 is 6.10 Å².